The van der Waals surface area contributed by atoms with E-state index in [0.717, 1.165) is 37.4 Å². The molecular formula is C23H19ClLiN8NaO14S4. The maximum absolute atomic E-state index is 12.7. The number of sulfone groups is 1. The average Bonchev–Trinajstić information content (AvgIpc) is 2.98. The van der Waals surface area contributed by atoms with E-state index in [4.69, 9.17) is 26.2 Å². The monoisotopic (exact) mass is 824 g/mol. The van der Waals surface area contributed by atoms with E-state index in [1.165, 1.54) is 6.19 Å². The molecule has 268 valence electrons. The van der Waals surface area contributed by atoms with Crippen LogP contribution in [0, 0.1) is 11.5 Å². The second-order valence-electron chi connectivity index (χ2n) is 9.28. The molecule has 0 amide bonds. The largest absolute Gasteiger partial charge is 0.505 e. The molecule has 1 aromatic heterocycles. The first kappa shape index (κ1) is 44.9. The van der Waals surface area contributed by atoms with Gasteiger partial charge in [-0.25, -0.2) is 12.6 Å². The van der Waals surface area contributed by atoms with E-state index >= 15 is 0 Å². The van der Waals surface area contributed by atoms with Crippen molar-refractivity contribution < 1.29 is 61.4 Å². The van der Waals surface area contributed by atoms with Crippen LogP contribution in [0.1, 0.15) is 0 Å². The number of nitriles is 1. The Hall–Kier alpha value is -3.25. The number of benzene rings is 3. The first-order chi connectivity index (χ1) is 23.1. The normalized spacial score (nSPS) is 12.1. The van der Waals surface area contributed by atoms with Crippen LogP contribution in [0.2, 0.25) is 5.28 Å². The van der Waals surface area contributed by atoms with E-state index in [0.29, 0.717) is 6.07 Å². The second-order valence-corrected chi connectivity index (χ2v) is 15.6. The summed E-state index contributed by atoms with van der Waals surface area (Å²) in [7, 11) is -18.8. The molecule has 1 heterocycles. The summed E-state index contributed by atoms with van der Waals surface area (Å²) in [5.41, 5.74) is -1.88. The number of phenols is 1. The van der Waals surface area contributed by atoms with E-state index in [2.05, 4.69) is 40.0 Å². The molecule has 0 aliphatic carbocycles. The van der Waals surface area contributed by atoms with Gasteiger partial charge >= 0.3 is 10.4 Å². The number of nitrogens with zero attached hydrogens (tertiary/aromatic N) is 6. The number of hydrogen-bond donors (Lipinski definition) is 6. The first-order valence-electron chi connectivity index (χ1n) is 12.7. The van der Waals surface area contributed by atoms with Crippen molar-refractivity contribution in [1.82, 2.24) is 15.0 Å². The zero-order chi connectivity index (χ0) is 37.2. The fraction of sp³-hybridized carbons (Fsp3) is 0.130. The first-order valence-corrected chi connectivity index (χ1v) is 19.0. The number of aromatic hydroxyl groups is 1. The molecule has 0 bridgehead atoms. The molecule has 0 atom stereocenters. The Morgan fingerprint density at radius 2 is 1.56 bits per heavy atom. The number of nitrogens with one attached hydrogen (secondary N) is 2. The van der Waals surface area contributed by atoms with Gasteiger partial charge in [-0.05, 0) is 48.0 Å². The summed E-state index contributed by atoms with van der Waals surface area (Å²) >= 11 is 5.81. The Morgan fingerprint density at radius 3 is 2.13 bits per heavy atom. The van der Waals surface area contributed by atoms with Crippen LogP contribution >= 0.6 is 11.6 Å². The Morgan fingerprint density at radius 1 is 0.904 bits per heavy atom. The fourth-order valence-corrected chi connectivity index (χ4v) is 7.26. The molecule has 6 N–H and O–H groups in total. The molecule has 0 unspecified atom stereocenters. The van der Waals surface area contributed by atoms with Crippen molar-refractivity contribution in [3.05, 3.63) is 41.7 Å². The zero-order valence-electron chi connectivity index (χ0n) is 26.4. The van der Waals surface area contributed by atoms with Gasteiger partial charge in [0.05, 0.1) is 30.1 Å². The maximum Gasteiger partial charge on any atom is 0.397 e. The fourth-order valence-electron chi connectivity index (χ4n) is 4.11. The standard InChI is InChI=1S/C23H19ClN8O14S4.Li.Na/c1-45-16-5-2-11(47(34,35)7-6-46-50(42,43)44)8-15(16)31-32-18-17(48(36,37)38)9-13-12(19(18)33)3-4-14(20(13)49(39,40)41)27-23-29-21(24)28-22(30-23)26-10-25;;/h2-5,8-9,33H,6-7H2,1H3,(H,36,37,38)(H,39,40,41)(H,42,43,44)(H2,26,27,28,29,30);;. The molecule has 0 spiro atoms. The minimum Gasteiger partial charge on any atom is -0.505 e. The number of anilines is 3. The van der Waals surface area contributed by atoms with Crippen LogP contribution in [0.15, 0.2) is 61.3 Å². The van der Waals surface area contributed by atoms with E-state index < -0.39 is 112 Å². The average molecular weight is 825 g/mol. The number of rotatable bonds is 13. The number of methoxy groups -OCH3 is 1. The van der Waals surface area contributed by atoms with Gasteiger partial charge in [-0.3, -0.25) is 19.0 Å². The van der Waals surface area contributed by atoms with Gasteiger partial charge in [0, 0.05) is 59.2 Å². The Bertz CT molecular complexity index is 2560. The Balaban J connectivity index is 0.00000468. The summed E-state index contributed by atoms with van der Waals surface area (Å²) in [5, 5.41) is 30.2. The molecule has 4 aromatic rings. The third kappa shape index (κ3) is 10.9. The van der Waals surface area contributed by atoms with E-state index in [1.54, 1.807) is 0 Å². The summed E-state index contributed by atoms with van der Waals surface area (Å²) in [4.78, 5) is 8.36. The third-order valence-corrected chi connectivity index (χ3v) is 10.2. The molecule has 2 radical (unpaired) electrons. The zero-order valence-corrected chi connectivity index (χ0v) is 32.5. The van der Waals surface area contributed by atoms with Crippen LogP contribution in [0.4, 0.5) is 29.0 Å². The van der Waals surface area contributed by atoms with Crippen LogP contribution in [0.5, 0.6) is 11.5 Å². The second kappa shape index (κ2) is 17.3. The summed E-state index contributed by atoms with van der Waals surface area (Å²) in [6.45, 7) is -0.960. The van der Waals surface area contributed by atoms with E-state index in [1.807, 2.05) is 0 Å². The van der Waals surface area contributed by atoms with Crippen molar-refractivity contribution in [2.45, 2.75) is 14.7 Å². The number of halogens is 1. The van der Waals surface area contributed by atoms with Crippen molar-refractivity contribution in [2.24, 2.45) is 10.2 Å². The van der Waals surface area contributed by atoms with Crippen LogP contribution in [0.25, 0.3) is 10.8 Å². The van der Waals surface area contributed by atoms with E-state index in [-0.39, 0.29) is 60.1 Å². The molecular weight excluding hydrogens is 806 g/mol. The van der Waals surface area contributed by atoms with Crippen molar-refractivity contribution in [1.29, 1.82) is 5.26 Å². The topological polar surface area (TPSA) is 347 Å². The molecule has 0 fully saturated rings. The van der Waals surface area contributed by atoms with Gasteiger partial charge in [-0.2, -0.15) is 45.5 Å². The van der Waals surface area contributed by atoms with Gasteiger partial charge in [-0.15, -0.1) is 10.2 Å². The van der Waals surface area contributed by atoms with Crippen molar-refractivity contribution in [3.63, 3.8) is 0 Å². The molecule has 4 rings (SSSR count). The van der Waals surface area contributed by atoms with Crippen molar-refractivity contribution >= 4 is 140 Å². The molecule has 0 saturated carbocycles. The molecule has 52 heavy (non-hydrogen) atoms. The number of fused-ring (bicyclic) bond motifs is 1. The smallest absolute Gasteiger partial charge is 0.397 e. The minimum atomic E-state index is -5.38. The van der Waals surface area contributed by atoms with Crippen LogP contribution < -0.4 is 15.4 Å². The number of phenolic OH excluding ortho intramolecular Hbond substituents is 1. The molecule has 0 aliphatic heterocycles. The van der Waals surface area contributed by atoms with Gasteiger partial charge in [0.1, 0.15) is 26.9 Å². The predicted octanol–water partition coefficient (Wildman–Crippen LogP) is 1.77. The summed E-state index contributed by atoms with van der Waals surface area (Å²) in [6, 6.07) is 5.55. The van der Waals surface area contributed by atoms with Crippen LogP contribution in [0.3, 0.4) is 0 Å². The maximum atomic E-state index is 12.7. The number of ether oxygens (including phenoxy) is 1. The van der Waals surface area contributed by atoms with Crippen molar-refractivity contribution in [2.75, 3.05) is 30.1 Å². The molecule has 0 saturated heterocycles. The predicted molar refractivity (Wildman–Crippen MR) is 181 cm³/mol. The van der Waals surface area contributed by atoms with Crippen molar-refractivity contribution in [3.8, 4) is 17.7 Å². The number of aromatic nitrogens is 3. The van der Waals surface area contributed by atoms with Crippen LogP contribution in [-0.4, -0.2) is 135 Å². The third-order valence-electron chi connectivity index (χ3n) is 6.09. The van der Waals surface area contributed by atoms with Gasteiger partial charge in [0.2, 0.25) is 17.2 Å². The Labute approximate surface area is 333 Å². The minimum absolute atomic E-state index is 0. The summed E-state index contributed by atoms with van der Waals surface area (Å²) in [6.07, 6.45) is 1.53. The SMILES string of the molecule is COc1ccc(S(=O)(=O)CCOS(=O)(=O)O)cc1N=Nc1c(S(=O)(=O)O)cc2c(S(=O)(=O)O)c(Nc3nc(Cl)nc(NC#N)n3)ccc2c1O.[Li].[Na]. The molecule has 3 aromatic carbocycles. The molecule has 29 heteroatoms. The molecule has 0 aliphatic rings. The van der Waals surface area contributed by atoms with E-state index in [9.17, 15) is 47.9 Å². The van der Waals surface area contributed by atoms with Gasteiger partial charge in [0.15, 0.2) is 21.8 Å². The summed E-state index contributed by atoms with van der Waals surface area (Å²) in [5.74, 6) is -2.99. The van der Waals surface area contributed by atoms with Crippen LogP contribution in [-0.2, 0) is 44.7 Å². The Kier molecular flexibility index (Phi) is 14.9. The molecule has 22 nitrogen and oxygen atoms in total. The van der Waals surface area contributed by atoms with Gasteiger partial charge in [-0.1, -0.05) is 0 Å². The van der Waals surface area contributed by atoms with Gasteiger partial charge in [0.25, 0.3) is 20.2 Å². The summed E-state index contributed by atoms with van der Waals surface area (Å²) < 4.78 is 135. The van der Waals surface area contributed by atoms with Gasteiger partial charge < -0.3 is 15.2 Å². The number of hydrogen-bond acceptors (Lipinski definition) is 19. The number of azo groups is 1. The quantitative estimate of drug-likeness (QED) is 0.0368.